The van der Waals surface area contributed by atoms with Gasteiger partial charge in [0.2, 0.25) is 0 Å². The van der Waals surface area contributed by atoms with Crippen molar-refractivity contribution in [3.05, 3.63) is 92.5 Å². The van der Waals surface area contributed by atoms with Gasteiger partial charge in [-0.15, -0.1) is 0 Å². The fourth-order valence-corrected chi connectivity index (χ4v) is 5.08. The van der Waals surface area contributed by atoms with Crippen LogP contribution in [0, 0.1) is 12.7 Å². The number of thioether (sulfide) groups is 1. The summed E-state index contributed by atoms with van der Waals surface area (Å²) in [6, 6.07) is 17.4. The number of hydrogen-bond acceptors (Lipinski definition) is 6. The average Bonchev–Trinajstić information content (AvgIpc) is 3.12. The lowest BCUT2D eigenvalue weighted by Crippen LogP contribution is -2.32. The molecule has 9 heteroatoms. The Morgan fingerprint density at radius 1 is 1.03 bits per heavy atom. The van der Waals surface area contributed by atoms with E-state index in [1.165, 1.54) is 11.0 Å². The smallest absolute Gasteiger partial charge is 0.293 e. The molecule has 1 saturated heterocycles. The second-order valence-electron chi connectivity index (χ2n) is 8.14. The molecule has 0 spiro atoms. The van der Waals surface area contributed by atoms with Crippen LogP contribution < -0.4 is 14.2 Å². The Kier molecular flexibility index (Phi) is 8.89. The second-order valence-corrected chi connectivity index (χ2v) is 9.99. The lowest BCUT2D eigenvalue weighted by atomic mass is 10.1. The standard InChI is InChI=1S/C28H25BrFNO5S/c1-3-34-24-15-19(14-22(29)26(24)36-17-20-8-4-5-10-23(20)30)16-25-27(32)31(28(33)37-25)11-12-35-21-9-6-7-18(2)13-21/h4-10,13-16H,3,11-12,17H2,1-2H3/b25-16-. The highest BCUT2D eigenvalue weighted by atomic mass is 79.9. The third kappa shape index (κ3) is 6.72. The highest BCUT2D eigenvalue weighted by Gasteiger charge is 2.35. The van der Waals surface area contributed by atoms with Gasteiger partial charge < -0.3 is 14.2 Å². The van der Waals surface area contributed by atoms with E-state index in [2.05, 4.69) is 15.9 Å². The van der Waals surface area contributed by atoms with Gasteiger partial charge in [0.25, 0.3) is 11.1 Å². The summed E-state index contributed by atoms with van der Waals surface area (Å²) in [7, 11) is 0. The van der Waals surface area contributed by atoms with Gasteiger partial charge in [0.15, 0.2) is 11.5 Å². The lowest BCUT2D eigenvalue weighted by Gasteiger charge is -2.15. The minimum Gasteiger partial charge on any atom is -0.492 e. The summed E-state index contributed by atoms with van der Waals surface area (Å²) in [4.78, 5) is 26.9. The van der Waals surface area contributed by atoms with Gasteiger partial charge in [-0.1, -0.05) is 30.3 Å². The van der Waals surface area contributed by atoms with Crippen LogP contribution in [0.2, 0.25) is 0 Å². The third-order valence-corrected chi connectivity index (χ3v) is 6.90. The first kappa shape index (κ1) is 26.8. The summed E-state index contributed by atoms with van der Waals surface area (Å²) in [6.45, 7) is 4.55. The zero-order chi connectivity index (χ0) is 26.4. The molecule has 3 aromatic carbocycles. The summed E-state index contributed by atoms with van der Waals surface area (Å²) in [5.41, 5.74) is 2.13. The Morgan fingerprint density at radius 3 is 2.59 bits per heavy atom. The maximum atomic E-state index is 14.0. The van der Waals surface area contributed by atoms with Crippen molar-refractivity contribution in [1.82, 2.24) is 4.90 Å². The lowest BCUT2D eigenvalue weighted by molar-refractivity contribution is -0.123. The first-order chi connectivity index (χ1) is 17.9. The van der Waals surface area contributed by atoms with Crippen molar-refractivity contribution in [3.8, 4) is 17.2 Å². The fourth-order valence-electron chi connectivity index (χ4n) is 3.64. The molecule has 1 fully saturated rings. The van der Waals surface area contributed by atoms with Crippen molar-refractivity contribution < 1.29 is 28.2 Å². The molecule has 0 unspecified atom stereocenters. The van der Waals surface area contributed by atoms with Crippen LogP contribution in [0.5, 0.6) is 17.2 Å². The number of ether oxygens (including phenoxy) is 3. The second kappa shape index (κ2) is 12.3. The maximum Gasteiger partial charge on any atom is 0.293 e. The van der Waals surface area contributed by atoms with Crippen LogP contribution in [-0.2, 0) is 11.4 Å². The summed E-state index contributed by atoms with van der Waals surface area (Å²) >= 11 is 4.37. The van der Waals surface area contributed by atoms with Gasteiger partial charge in [-0.2, -0.15) is 0 Å². The molecule has 0 bridgehead atoms. The highest BCUT2D eigenvalue weighted by Crippen LogP contribution is 2.39. The molecule has 1 heterocycles. The van der Waals surface area contributed by atoms with Crippen molar-refractivity contribution in [2.45, 2.75) is 20.5 Å². The van der Waals surface area contributed by atoms with E-state index in [1.807, 2.05) is 38.1 Å². The maximum absolute atomic E-state index is 14.0. The van der Waals surface area contributed by atoms with Crippen LogP contribution in [0.1, 0.15) is 23.6 Å². The number of carbonyl (C=O) groups excluding carboxylic acids is 2. The Bertz CT molecular complexity index is 1350. The molecule has 0 N–H and O–H groups in total. The predicted octanol–water partition coefficient (Wildman–Crippen LogP) is 6.99. The zero-order valence-corrected chi connectivity index (χ0v) is 22.7. The van der Waals surface area contributed by atoms with Crippen molar-refractivity contribution in [1.29, 1.82) is 0 Å². The van der Waals surface area contributed by atoms with E-state index in [-0.39, 0.29) is 36.7 Å². The molecule has 3 aromatic rings. The third-order valence-electron chi connectivity index (χ3n) is 5.41. The summed E-state index contributed by atoms with van der Waals surface area (Å²) in [6.07, 6.45) is 1.64. The molecular weight excluding hydrogens is 561 g/mol. The highest BCUT2D eigenvalue weighted by molar-refractivity contribution is 9.10. The molecule has 0 atom stereocenters. The molecule has 2 amide bonds. The number of rotatable bonds is 10. The zero-order valence-electron chi connectivity index (χ0n) is 20.3. The molecule has 1 aliphatic rings. The molecule has 0 saturated carbocycles. The van der Waals surface area contributed by atoms with Crippen LogP contribution in [0.3, 0.4) is 0 Å². The Balaban J connectivity index is 1.47. The van der Waals surface area contributed by atoms with Crippen molar-refractivity contribution in [2.75, 3.05) is 19.8 Å². The van der Waals surface area contributed by atoms with E-state index in [1.54, 1.807) is 36.4 Å². The number of benzene rings is 3. The molecule has 1 aliphatic heterocycles. The van der Waals surface area contributed by atoms with Gasteiger partial charge in [0.05, 0.1) is 22.5 Å². The van der Waals surface area contributed by atoms with Gasteiger partial charge in [-0.25, -0.2) is 4.39 Å². The first-order valence-corrected chi connectivity index (χ1v) is 13.2. The molecule has 4 rings (SSSR count). The van der Waals surface area contributed by atoms with E-state index in [4.69, 9.17) is 14.2 Å². The topological polar surface area (TPSA) is 65.1 Å². The molecule has 0 aliphatic carbocycles. The van der Waals surface area contributed by atoms with E-state index in [0.717, 1.165) is 17.3 Å². The number of nitrogens with zero attached hydrogens (tertiary/aromatic N) is 1. The van der Waals surface area contributed by atoms with E-state index < -0.39 is 0 Å². The summed E-state index contributed by atoms with van der Waals surface area (Å²) in [5.74, 6) is 0.812. The Labute approximate surface area is 227 Å². The monoisotopic (exact) mass is 585 g/mol. The van der Waals surface area contributed by atoms with Crippen molar-refractivity contribution >= 4 is 44.9 Å². The van der Waals surface area contributed by atoms with Gasteiger partial charge in [0.1, 0.15) is 24.8 Å². The van der Waals surface area contributed by atoms with Gasteiger partial charge in [0, 0.05) is 5.56 Å². The van der Waals surface area contributed by atoms with Crippen LogP contribution in [-0.4, -0.2) is 35.8 Å². The molecule has 0 radical (unpaired) electrons. The molecular formula is C28H25BrFNO5S. The van der Waals surface area contributed by atoms with Crippen LogP contribution >= 0.6 is 27.7 Å². The van der Waals surface area contributed by atoms with Gasteiger partial charge >= 0.3 is 0 Å². The SMILES string of the molecule is CCOc1cc(/C=C2\SC(=O)N(CCOc3cccc(C)c3)C2=O)cc(Br)c1OCc1ccccc1F. The largest absolute Gasteiger partial charge is 0.492 e. The van der Waals surface area contributed by atoms with Gasteiger partial charge in [-0.3, -0.25) is 14.5 Å². The van der Waals surface area contributed by atoms with Crippen LogP contribution in [0.4, 0.5) is 9.18 Å². The Hall–Kier alpha value is -3.30. The first-order valence-electron chi connectivity index (χ1n) is 11.6. The van der Waals surface area contributed by atoms with Crippen molar-refractivity contribution in [2.24, 2.45) is 0 Å². The normalized spacial score (nSPS) is 14.4. The van der Waals surface area contributed by atoms with Gasteiger partial charge in [-0.05, 0) is 89.1 Å². The number of imide groups is 1. The number of amides is 2. The van der Waals surface area contributed by atoms with Crippen LogP contribution in [0.25, 0.3) is 6.08 Å². The number of carbonyl (C=O) groups is 2. The molecule has 0 aromatic heterocycles. The minimum atomic E-state index is -0.378. The molecule has 6 nitrogen and oxygen atoms in total. The van der Waals surface area contributed by atoms with E-state index in [0.29, 0.717) is 44.4 Å². The molecule has 192 valence electrons. The summed E-state index contributed by atoms with van der Waals surface area (Å²) in [5, 5.41) is -0.349. The predicted molar refractivity (Wildman–Crippen MR) is 145 cm³/mol. The summed E-state index contributed by atoms with van der Waals surface area (Å²) < 4.78 is 31.9. The van der Waals surface area contributed by atoms with E-state index in [9.17, 15) is 14.0 Å². The van der Waals surface area contributed by atoms with Crippen molar-refractivity contribution in [3.63, 3.8) is 0 Å². The van der Waals surface area contributed by atoms with E-state index >= 15 is 0 Å². The average molecular weight is 586 g/mol. The van der Waals surface area contributed by atoms with Crippen LogP contribution in [0.15, 0.2) is 70.0 Å². The Morgan fingerprint density at radius 2 is 1.84 bits per heavy atom. The molecule has 37 heavy (non-hydrogen) atoms. The number of halogens is 2. The number of hydrogen-bond donors (Lipinski definition) is 0. The minimum absolute atomic E-state index is 0.0220. The quantitative estimate of drug-likeness (QED) is 0.239. The fraction of sp³-hybridized carbons (Fsp3) is 0.214. The number of aryl methyl sites for hydroxylation is 1.